The van der Waals surface area contributed by atoms with Crippen LogP contribution in [0.1, 0.15) is 25.0 Å². The average molecular weight is 230 g/mol. The van der Waals surface area contributed by atoms with E-state index in [1.165, 1.54) is 13.8 Å². The first-order chi connectivity index (χ1) is 7.97. The van der Waals surface area contributed by atoms with Crippen LogP contribution in [0.5, 0.6) is 0 Å². The van der Waals surface area contributed by atoms with E-state index in [4.69, 9.17) is 7.85 Å². The molecule has 1 aromatic carbocycles. The van der Waals surface area contributed by atoms with Crippen LogP contribution >= 0.6 is 0 Å². The molecule has 2 radical (unpaired) electrons. The summed E-state index contributed by atoms with van der Waals surface area (Å²) in [6.07, 6.45) is 0. The van der Waals surface area contributed by atoms with E-state index < -0.39 is 0 Å². The summed E-state index contributed by atoms with van der Waals surface area (Å²) in [6.45, 7) is 3.80. The Morgan fingerprint density at radius 3 is 1.76 bits per heavy atom. The topological polar surface area (TPSA) is 58.2 Å². The quantitative estimate of drug-likeness (QED) is 0.701. The third-order valence-electron chi connectivity index (χ3n) is 2.16. The predicted octanol–water partition coefficient (Wildman–Crippen LogP) is -0.247. The van der Waals surface area contributed by atoms with Crippen molar-refractivity contribution in [2.75, 3.05) is 0 Å². The Morgan fingerprint density at radius 1 is 1.00 bits per heavy atom. The average Bonchev–Trinajstić information content (AvgIpc) is 2.23. The molecule has 0 fully saturated rings. The smallest absolute Gasteiger partial charge is 0.217 e. The van der Waals surface area contributed by atoms with Gasteiger partial charge in [-0.15, -0.1) is 0 Å². The minimum atomic E-state index is -0.0872. The molecule has 0 atom stereocenters. The molecule has 5 heteroatoms. The van der Waals surface area contributed by atoms with E-state index >= 15 is 0 Å². The first-order valence-electron chi connectivity index (χ1n) is 5.34. The fourth-order valence-corrected chi connectivity index (χ4v) is 1.45. The van der Waals surface area contributed by atoms with Crippen molar-refractivity contribution in [3.8, 4) is 0 Å². The largest absolute Gasteiger partial charge is 0.352 e. The SMILES string of the molecule is [B]c1cc(CNC(C)=O)cc(CNC(C)=O)c1. The van der Waals surface area contributed by atoms with Crippen molar-refractivity contribution < 1.29 is 9.59 Å². The van der Waals surface area contributed by atoms with E-state index in [1.807, 2.05) is 6.07 Å². The van der Waals surface area contributed by atoms with Crippen LogP contribution in [0.4, 0.5) is 0 Å². The van der Waals surface area contributed by atoms with Crippen molar-refractivity contribution in [1.82, 2.24) is 10.6 Å². The summed E-state index contributed by atoms with van der Waals surface area (Å²) in [7, 11) is 5.75. The lowest BCUT2D eigenvalue weighted by Crippen LogP contribution is -2.22. The molecule has 1 aromatic rings. The first kappa shape index (κ1) is 13.3. The molecule has 17 heavy (non-hydrogen) atoms. The molecule has 4 nitrogen and oxygen atoms in total. The molecule has 0 saturated carbocycles. The molecule has 0 aliphatic carbocycles. The summed E-state index contributed by atoms with van der Waals surface area (Å²) < 4.78 is 0. The number of nitrogens with one attached hydrogen (secondary N) is 2. The minimum absolute atomic E-state index is 0.0872. The summed E-state index contributed by atoms with van der Waals surface area (Å²) in [5.41, 5.74) is 2.45. The van der Waals surface area contributed by atoms with Crippen LogP contribution in [0.25, 0.3) is 0 Å². The lowest BCUT2D eigenvalue weighted by atomic mass is 9.92. The van der Waals surface area contributed by atoms with Gasteiger partial charge in [0.25, 0.3) is 0 Å². The summed E-state index contributed by atoms with van der Waals surface area (Å²) in [4.78, 5) is 21.6. The van der Waals surface area contributed by atoms with Crippen molar-refractivity contribution >= 4 is 25.1 Å². The molecule has 0 unspecified atom stereocenters. The predicted molar refractivity (Wildman–Crippen MR) is 66.9 cm³/mol. The van der Waals surface area contributed by atoms with Gasteiger partial charge in [0.2, 0.25) is 11.8 Å². The van der Waals surface area contributed by atoms with Gasteiger partial charge < -0.3 is 10.6 Å². The number of benzene rings is 1. The number of amides is 2. The molecule has 0 bridgehead atoms. The van der Waals surface area contributed by atoms with Crippen molar-refractivity contribution in [3.63, 3.8) is 0 Å². The molecule has 0 spiro atoms. The van der Waals surface area contributed by atoms with E-state index in [9.17, 15) is 9.59 Å². The second kappa shape index (κ2) is 6.08. The zero-order chi connectivity index (χ0) is 12.8. The highest BCUT2D eigenvalue weighted by Crippen LogP contribution is 2.03. The van der Waals surface area contributed by atoms with Crippen LogP contribution in [-0.4, -0.2) is 19.7 Å². The maximum atomic E-state index is 10.8. The third-order valence-corrected chi connectivity index (χ3v) is 2.16. The van der Waals surface area contributed by atoms with E-state index in [0.717, 1.165) is 11.1 Å². The zero-order valence-electron chi connectivity index (χ0n) is 10.0. The van der Waals surface area contributed by atoms with Crippen LogP contribution in [0.2, 0.25) is 0 Å². The van der Waals surface area contributed by atoms with Gasteiger partial charge in [-0.25, -0.2) is 0 Å². The van der Waals surface area contributed by atoms with Gasteiger partial charge in [0, 0.05) is 26.9 Å². The molecule has 2 amide bonds. The lowest BCUT2D eigenvalue weighted by Gasteiger charge is -2.09. The van der Waals surface area contributed by atoms with Crippen LogP contribution in [0.15, 0.2) is 18.2 Å². The Balaban J connectivity index is 2.71. The Bertz CT molecular complexity index is 396. The number of hydrogen-bond acceptors (Lipinski definition) is 2. The van der Waals surface area contributed by atoms with Gasteiger partial charge in [0.15, 0.2) is 0 Å². The van der Waals surface area contributed by atoms with Gasteiger partial charge in [-0.1, -0.05) is 23.7 Å². The van der Waals surface area contributed by atoms with Crippen molar-refractivity contribution in [1.29, 1.82) is 0 Å². The van der Waals surface area contributed by atoms with E-state index in [0.29, 0.717) is 18.6 Å². The van der Waals surface area contributed by atoms with E-state index in [-0.39, 0.29) is 11.8 Å². The number of carbonyl (C=O) groups excluding carboxylic acids is 2. The van der Waals surface area contributed by atoms with Gasteiger partial charge in [0.05, 0.1) is 0 Å². The first-order valence-corrected chi connectivity index (χ1v) is 5.34. The van der Waals surface area contributed by atoms with Crippen LogP contribution < -0.4 is 16.1 Å². The molecule has 0 aliphatic heterocycles. The highest BCUT2D eigenvalue weighted by molar-refractivity contribution is 6.32. The molecule has 2 N–H and O–H groups in total. The Hall–Kier alpha value is -1.78. The number of rotatable bonds is 4. The van der Waals surface area contributed by atoms with Gasteiger partial charge in [-0.2, -0.15) is 0 Å². The summed E-state index contributed by atoms with van der Waals surface area (Å²) in [6, 6.07) is 5.50. The Kier molecular flexibility index (Phi) is 4.76. The molecular weight excluding hydrogens is 215 g/mol. The molecule has 88 valence electrons. The number of carbonyl (C=O) groups is 2. The van der Waals surface area contributed by atoms with Crippen LogP contribution in [-0.2, 0) is 22.7 Å². The molecule has 0 aromatic heterocycles. The molecule has 0 heterocycles. The highest BCUT2D eigenvalue weighted by Gasteiger charge is 2.00. The van der Waals surface area contributed by atoms with Gasteiger partial charge in [0.1, 0.15) is 7.85 Å². The molecule has 1 rings (SSSR count). The fourth-order valence-electron chi connectivity index (χ4n) is 1.45. The third kappa shape index (κ3) is 5.20. The van der Waals surface area contributed by atoms with Crippen molar-refractivity contribution in [3.05, 3.63) is 29.3 Å². The second-order valence-corrected chi connectivity index (χ2v) is 3.90. The zero-order valence-corrected chi connectivity index (χ0v) is 10.0. The number of hydrogen-bond donors (Lipinski definition) is 2. The molecule has 0 saturated heterocycles. The Labute approximate surface area is 102 Å². The summed E-state index contributed by atoms with van der Waals surface area (Å²) in [5.74, 6) is -0.174. The second-order valence-electron chi connectivity index (χ2n) is 3.90. The van der Waals surface area contributed by atoms with E-state index in [1.54, 1.807) is 12.1 Å². The van der Waals surface area contributed by atoms with Crippen molar-refractivity contribution in [2.45, 2.75) is 26.9 Å². The fraction of sp³-hybridized carbons (Fsp3) is 0.333. The van der Waals surface area contributed by atoms with Gasteiger partial charge >= 0.3 is 0 Å². The van der Waals surface area contributed by atoms with Gasteiger partial charge in [-0.3, -0.25) is 9.59 Å². The monoisotopic (exact) mass is 230 g/mol. The minimum Gasteiger partial charge on any atom is -0.352 e. The maximum absolute atomic E-state index is 10.8. The summed E-state index contributed by atoms with van der Waals surface area (Å²) >= 11 is 0. The van der Waals surface area contributed by atoms with Crippen molar-refractivity contribution in [2.24, 2.45) is 0 Å². The lowest BCUT2D eigenvalue weighted by molar-refractivity contribution is -0.119. The van der Waals surface area contributed by atoms with E-state index in [2.05, 4.69) is 10.6 Å². The Morgan fingerprint density at radius 2 is 1.41 bits per heavy atom. The molecule has 0 aliphatic rings. The van der Waals surface area contributed by atoms with Gasteiger partial charge in [-0.05, 0) is 11.1 Å². The standard InChI is InChI=1S/C12H15BN2O2/c1-8(16)14-6-10-3-11(5-12(13)4-10)7-15-9(2)17/h3-5H,6-7H2,1-2H3,(H,14,16)(H,15,17). The van der Waals surface area contributed by atoms with Crippen LogP contribution in [0, 0.1) is 0 Å². The maximum Gasteiger partial charge on any atom is 0.217 e. The molecular formula is C12H15BN2O2. The van der Waals surface area contributed by atoms with Crippen LogP contribution in [0.3, 0.4) is 0 Å². The summed E-state index contributed by atoms with van der Waals surface area (Å²) in [5, 5.41) is 5.40. The highest BCUT2D eigenvalue weighted by atomic mass is 16.1. The normalized spacial score (nSPS) is 9.76.